The van der Waals surface area contributed by atoms with Crippen molar-refractivity contribution in [3.8, 4) is 17.0 Å². The second-order valence-electron chi connectivity index (χ2n) is 8.96. The summed E-state index contributed by atoms with van der Waals surface area (Å²) >= 11 is 0. The number of likely N-dealkylation sites (tertiary alicyclic amines) is 1. The highest BCUT2D eigenvalue weighted by Gasteiger charge is 2.26. The molecule has 0 spiro atoms. The highest BCUT2D eigenvalue weighted by molar-refractivity contribution is 6.02. The van der Waals surface area contributed by atoms with Crippen LogP contribution < -0.4 is 15.4 Å². The lowest BCUT2D eigenvalue weighted by molar-refractivity contribution is 0.0526. The number of hydrogen-bond acceptors (Lipinski definition) is 7. The number of hydrogen-bond donors (Lipinski definition) is 1. The van der Waals surface area contributed by atoms with Gasteiger partial charge in [0, 0.05) is 69.2 Å². The fraction of sp³-hybridized carbons (Fsp3) is 0.321. The molecule has 0 atom stereocenters. The fourth-order valence-corrected chi connectivity index (χ4v) is 4.17. The number of anilines is 2. The molecule has 1 saturated heterocycles. The molecule has 8 heteroatoms. The van der Waals surface area contributed by atoms with Crippen LogP contribution in [0.15, 0.2) is 60.8 Å². The minimum atomic E-state index is -0.470. The predicted molar refractivity (Wildman–Crippen MR) is 140 cm³/mol. The molecule has 188 valence electrons. The van der Waals surface area contributed by atoms with Crippen LogP contribution in [0.25, 0.3) is 11.1 Å². The van der Waals surface area contributed by atoms with Crippen LogP contribution in [0.1, 0.15) is 40.5 Å². The first-order valence-corrected chi connectivity index (χ1v) is 12.1. The van der Waals surface area contributed by atoms with Gasteiger partial charge in [-0.25, -0.2) is 9.78 Å². The third-order valence-corrected chi connectivity index (χ3v) is 6.26. The molecule has 1 fully saturated rings. The smallest absolute Gasteiger partial charge is 0.338 e. The van der Waals surface area contributed by atoms with Gasteiger partial charge in [0.1, 0.15) is 6.10 Å². The Hall–Kier alpha value is -4.07. The molecule has 1 aliphatic rings. The molecule has 0 unspecified atom stereocenters. The Labute approximate surface area is 211 Å². The van der Waals surface area contributed by atoms with Gasteiger partial charge in [-0.3, -0.25) is 4.79 Å². The molecule has 2 heterocycles. The summed E-state index contributed by atoms with van der Waals surface area (Å²) in [5.74, 6) is -0.0950. The highest BCUT2D eigenvalue weighted by Crippen LogP contribution is 2.25. The average Bonchev–Trinajstić information content (AvgIpc) is 2.89. The summed E-state index contributed by atoms with van der Waals surface area (Å²) in [6.45, 7) is 3.06. The summed E-state index contributed by atoms with van der Waals surface area (Å²) in [6.07, 6.45) is 3.14. The quantitative estimate of drug-likeness (QED) is 0.392. The highest BCUT2D eigenvalue weighted by atomic mass is 16.5. The molecular weight excluding hydrogens is 456 g/mol. The first-order valence-electron chi connectivity index (χ1n) is 12.1. The van der Waals surface area contributed by atoms with Gasteiger partial charge in [-0.1, -0.05) is 12.1 Å². The first-order chi connectivity index (χ1) is 17.4. The van der Waals surface area contributed by atoms with E-state index in [0.717, 1.165) is 16.8 Å². The number of carbonyl (C=O) groups is 2. The molecule has 1 amide bonds. The van der Waals surface area contributed by atoms with Gasteiger partial charge in [-0.05, 0) is 48.9 Å². The van der Waals surface area contributed by atoms with Crippen LogP contribution in [0.2, 0.25) is 0 Å². The van der Waals surface area contributed by atoms with Gasteiger partial charge >= 0.3 is 5.97 Å². The van der Waals surface area contributed by atoms with Gasteiger partial charge in [-0.2, -0.15) is 0 Å². The summed E-state index contributed by atoms with van der Waals surface area (Å²) in [5.41, 5.74) is 10.3. The Morgan fingerprint density at radius 2 is 1.72 bits per heavy atom. The van der Waals surface area contributed by atoms with E-state index in [0.29, 0.717) is 48.6 Å². The number of benzene rings is 2. The van der Waals surface area contributed by atoms with Crippen LogP contribution in [0.3, 0.4) is 0 Å². The van der Waals surface area contributed by atoms with E-state index in [2.05, 4.69) is 34.1 Å². The van der Waals surface area contributed by atoms with Crippen LogP contribution in [0.5, 0.6) is 5.88 Å². The number of nitrogens with zero attached hydrogens (tertiary/aromatic N) is 3. The van der Waals surface area contributed by atoms with Gasteiger partial charge in [0.05, 0.1) is 17.7 Å². The topological polar surface area (TPSA) is 98.0 Å². The van der Waals surface area contributed by atoms with Crippen LogP contribution >= 0.6 is 0 Å². The molecule has 3 aromatic rings. The Kier molecular flexibility index (Phi) is 7.73. The van der Waals surface area contributed by atoms with Crippen LogP contribution in [-0.4, -0.2) is 61.7 Å². The predicted octanol–water partition coefficient (Wildman–Crippen LogP) is 4.26. The number of nitrogen functional groups attached to an aromatic ring is 1. The minimum Gasteiger partial charge on any atom is -0.474 e. The Morgan fingerprint density at radius 1 is 1.03 bits per heavy atom. The maximum Gasteiger partial charge on any atom is 0.338 e. The monoisotopic (exact) mass is 488 g/mol. The molecule has 4 rings (SSSR count). The first kappa shape index (κ1) is 25.0. The van der Waals surface area contributed by atoms with Crippen LogP contribution in [0, 0.1) is 0 Å². The van der Waals surface area contributed by atoms with Crippen molar-refractivity contribution in [1.82, 2.24) is 9.88 Å². The molecule has 1 aromatic heterocycles. The van der Waals surface area contributed by atoms with Gasteiger partial charge in [0.25, 0.3) is 5.91 Å². The number of rotatable bonds is 7. The maximum atomic E-state index is 13.1. The molecule has 36 heavy (non-hydrogen) atoms. The third kappa shape index (κ3) is 5.76. The Morgan fingerprint density at radius 3 is 2.33 bits per heavy atom. The zero-order valence-electron chi connectivity index (χ0n) is 20.9. The van der Waals surface area contributed by atoms with E-state index in [9.17, 15) is 9.59 Å². The van der Waals surface area contributed by atoms with Crippen molar-refractivity contribution >= 4 is 23.3 Å². The zero-order chi connectivity index (χ0) is 25.7. The fourth-order valence-electron chi connectivity index (χ4n) is 4.17. The standard InChI is InChI=1S/C28H32N4O4/c1-4-35-28(34)20-7-11-25(29)24(17-20)27(33)32-15-13-23(14-16-32)36-26-12-8-21(18-30-26)19-5-9-22(10-6-19)31(2)3/h5-12,17-18,23H,4,13-16,29H2,1-3H3. The molecule has 0 radical (unpaired) electrons. The number of ether oxygens (including phenoxy) is 2. The lowest BCUT2D eigenvalue weighted by Crippen LogP contribution is -2.42. The number of carbonyl (C=O) groups excluding carboxylic acids is 2. The number of esters is 1. The van der Waals surface area contributed by atoms with E-state index in [1.54, 1.807) is 24.0 Å². The molecule has 8 nitrogen and oxygen atoms in total. The lowest BCUT2D eigenvalue weighted by atomic mass is 10.0. The van der Waals surface area contributed by atoms with Crippen molar-refractivity contribution in [1.29, 1.82) is 0 Å². The molecule has 0 saturated carbocycles. The van der Waals surface area contributed by atoms with E-state index in [-0.39, 0.29) is 18.6 Å². The normalized spacial score (nSPS) is 13.8. The second-order valence-corrected chi connectivity index (χ2v) is 8.96. The van der Waals surface area contributed by atoms with E-state index in [1.165, 1.54) is 6.07 Å². The van der Waals surface area contributed by atoms with E-state index in [4.69, 9.17) is 15.2 Å². The van der Waals surface area contributed by atoms with Crippen molar-refractivity contribution in [3.63, 3.8) is 0 Å². The minimum absolute atomic E-state index is 0.0324. The summed E-state index contributed by atoms with van der Waals surface area (Å²) in [5, 5.41) is 0. The van der Waals surface area contributed by atoms with Crippen molar-refractivity contribution in [3.05, 3.63) is 71.9 Å². The summed E-state index contributed by atoms with van der Waals surface area (Å²) in [4.78, 5) is 33.4. The van der Waals surface area contributed by atoms with Crippen molar-refractivity contribution in [2.45, 2.75) is 25.9 Å². The number of nitrogens with two attached hydrogens (primary N) is 1. The SMILES string of the molecule is CCOC(=O)c1ccc(N)c(C(=O)N2CCC(Oc3ccc(-c4ccc(N(C)C)cc4)cn3)CC2)c1. The van der Waals surface area contributed by atoms with Crippen LogP contribution in [0.4, 0.5) is 11.4 Å². The van der Waals surface area contributed by atoms with Crippen molar-refractivity contribution in [2.75, 3.05) is 44.4 Å². The van der Waals surface area contributed by atoms with E-state index in [1.807, 2.05) is 32.4 Å². The molecule has 0 bridgehead atoms. The summed E-state index contributed by atoms with van der Waals surface area (Å²) < 4.78 is 11.1. The zero-order valence-corrected chi connectivity index (χ0v) is 20.9. The van der Waals surface area contributed by atoms with Crippen LogP contribution in [-0.2, 0) is 4.74 Å². The number of piperidine rings is 1. The van der Waals surface area contributed by atoms with Gasteiger partial charge in [-0.15, -0.1) is 0 Å². The van der Waals surface area contributed by atoms with E-state index < -0.39 is 5.97 Å². The number of amides is 1. The van der Waals surface area contributed by atoms with Gasteiger partial charge in [0.2, 0.25) is 5.88 Å². The molecular formula is C28H32N4O4. The van der Waals surface area contributed by atoms with Gasteiger partial charge in [0.15, 0.2) is 0 Å². The summed E-state index contributed by atoms with van der Waals surface area (Å²) in [7, 11) is 4.03. The number of pyridine rings is 1. The van der Waals surface area contributed by atoms with Crippen molar-refractivity contribution < 1.29 is 19.1 Å². The Bertz CT molecular complexity index is 1200. The summed E-state index contributed by atoms with van der Waals surface area (Å²) in [6, 6.07) is 16.9. The molecule has 2 N–H and O–H groups in total. The van der Waals surface area contributed by atoms with Crippen molar-refractivity contribution in [2.24, 2.45) is 0 Å². The second kappa shape index (κ2) is 11.1. The largest absolute Gasteiger partial charge is 0.474 e. The number of aromatic nitrogens is 1. The third-order valence-electron chi connectivity index (χ3n) is 6.26. The Balaban J connectivity index is 1.33. The molecule has 0 aliphatic carbocycles. The molecule has 1 aliphatic heterocycles. The average molecular weight is 489 g/mol. The molecule has 2 aromatic carbocycles. The lowest BCUT2D eigenvalue weighted by Gasteiger charge is -2.32. The maximum absolute atomic E-state index is 13.1. The van der Waals surface area contributed by atoms with Gasteiger partial charge < -0.3 is 25.0 Å². The van der Waals surface area contributed by atoms with E-state index >= 15 is 0 Å².